The second kappa shape index (κ2) is 9.28. The largest absolute Gasteiger partial charge is 0.489 e. The van der Waals surface area contributed by atoms with E-state index in [2.05, 4.69) is 16.8 Å². The Labute approximate surface area is 186 Å². The van der Waals surface area contributed by atoms with Gasteiger partial charge < -0.3 is 4.74 Å². The Bertz CT molecular complexity index is 1080. The molecule has 0 spiro atoms. The summed E-state index contributed by atoms with van der Waals surface area (Å²) in [6.45, 7) is 6.75. The maximum Gasteiger partial charge on any atom is 0.416 e. The molecular weight excluding hydrogens is 415 g/mol. The quantitative estimate of drug-likeness (QED) is 0.483. The number of rotatable bonds is 6. The van der Waals surface area contributed by atoms with E-state index in [-0.39, 0.29) is 12.2 Å². The van der Waals surface area contributed by atoms with E-state index in [1.165, 1.54) is 17.7 Å². The summed E-state index contributed by atoms with van der Waals surface area (Å²) in [5.41, 5.74) is 3.32. The summed E-state index contributed by atoms with van der Waals surface area (Å²) in [5.74, 6) is 1.15. The van der Waals surface area contributed by atoms with E-state index < -0.39 is 11.7 Å². The van der Waals surface area contributed by atoms with Crippen LogP contribution in [0, 0.1) is 6.92 Å². The van der Waals surface area contributed by atoms with Gasteiger partial charge in [-0.3, -0.25) is 4.90 Å². The van der Waals surface area contributed by atoms with Crippen LogP contribution in [0.25, 0.3) is 11.4 Å². The summed E-state index contributed by atoms with van der Waals surface area (Å²) in [4.78, 5) is 11.7. The topological polar surface area (TPSA) is 38.2 Å². The maximum atomic E-state index is 13.3. The third kappa shape index (κ3) is 5.10. The monoisotopic (exact) mass is 441 g/mol. The van der Waals surface area contributed by atoms with Gasteiger partial charge in [0, 0.05) is 42.4 Å². The van der Waals surface area contributed by atoms with Gasteiger partial charge in [-0.15, -0.1) is 0 Å². The molecule has 0 N–H and O–H groups in total. The van der Waals surface area contributed by atoms with E-state index in [1.807, 2.05) is 18.3 Å². The Balaban J connectivity index is 1.45. The molecule has 32 heavy (non-hydrogen) atoms. The van der Waals surface area contributed by atoms with Gasteiger partial charge in [0.1, 0.15) is 12.4 Å². The first-order valence-electron chi connectivity index (χ1n) is 10.8. The zero-order chi connectivity index (χ0) is 22.7. The van der Waals surface area contributed by atoms with Crippen molar-refractivity contribution in [1.82, 2.24) is 14.9 Å². The van der Waals surface area contributed by atoms with Crippen LogP contribution in [0.15, 0.2) is 48.7 Å². The van der Waals surface area contributed by atoms with E-state index in [4.69, 9.17) is 9.72 Å². The molecule has 3 aromatic rings. The van der Waals surface area contributed by atoms with Crippen LogP contribution in [0.5, 0.6) is 5.75 Å². The molecule has 0 amide bonds. The van der Waals surface area contributed by atoms with Crippen molar-refractivity contribution in [3.05, 3.63) is 76.6 Å². The molecule has 0 unspecified atom stereocenters. The fourth-order valence-corrected chi connectivity index (χ4v) is 4.00. The van der Waals surface area contributed by atoms with Crippen LogP contribution in [0.3, 0.4) is 0 Å². The van der Waals surface area contributed by atoms with E-state index in [0.29, 0.717) is 11.6 Å². The Kier molecular flexibility index (Phi) is 6.46. The van der Waals surface area contributed by atoms with E-state index in [0.717, 1.165) is 55.4 Å². The van der Waals surface area contributed by atoms with Crippen molar-refractivity contribution in [3.8, 4) is 17.1 Å². The molecule has 4 nitrogen and oxygen atoms in total. The molecule has 1 aliphatic rings. The molecule has 0 saturated carbocycles. The van der Waals surface area contributed by atoms with Crippen LogP contribution in [0.1, 0.15) is 41.3 Å². The number of nitrogens with zero attached hydrogens (tertiary/aromatic N) is 3. The molecule has 1 aromatic heterocycles. The molecule has 0 saturated heterocycles. The van der Waals surface area contributed by atoms with Crippen LogP contribution in [0.2, 0.25) is 0 Å². The van der Waals surface area contributed by atoms with Gasteiger partial charge in [0.25, 0.3) is 0 Å². The van der Waals surface area contributed by atoms with Gasteiger partial charge in [-0.05, 0) is 50.2 Å². The van der Waals surface area contributed by atoms with Gasteiger partial charge in [-0.2, -0.15) is 13.2 Å². The minimum atomic E-state index is -4.41. The third-order valence-electron chi connectivity index (χ3n) is 5.63. The highest BCUT2D eigenvalue weighted by molar-refractivity contribution is 5.56. The number of hydrogen-bond donors (Lipinski definition) is 0. The van der Waals surface area contributed by atoms with Gasteiger partial charge in [0.2, 0.25) is 0 Å². The van der Waals surface area contributed by atoms with Gasteiger partial charge in [0.05, 0.1) is 11.3 Å². The molecule has 4 rings (SSSR count). The number of benzene rings is 2. The Morgan fingerprint density at radius 2 is 1.88 bits per heavy atom. The highest BCUT2D eigenvalue weighted by Gasteiger charge is 2.33. The lowest BCUT2D eigenvalue weighted by molar-refractivity contribution is -0.138. The maximum absolute atomic E-state index is 13.3. The molecular formula is C25H26F3N3O. The average Bonchev–Trinajstić information content (AvgIpc) is 2.77. The SMILES string of the molecule is CCCN1CCc2nc(-c3ccc(OCc4cc(C)ccc4C(F)(F)F)cc3)ncc2C1. The van der Waals surface area contributed by atoms with Crippen molar-refractivity contribution in [2.75, 3.05) is 13.1 Å². The summed E-state index contributed by atoms with van der Waals surface area (Å²) in [6.07, 6.45) is -0.470. The molecule has 0 atom stereocenters. The zero-order valence-electron chi connectivity index (χ0n) is 18.2. The highest BCUT2D eigenvalue weighted by Crippen LogP contribution is 2.33. The van der Waals surface area contributed by atoms with Crippen LogP contribution < -0.4 is 4.74 Å². The van der Waals surface area contributed by atoms with Crippen molar-refractivity contribution < 1.29 is 17.9 Å². The average molecular weight is 441 g/mol. The minimum absolute atomic E-state index is 0.122. The van der Waals surface area contributed by atoms with E-state index in [1.54, 1.807) is 19.1 Å². The second-order valence-corrected chi connectivity index (χ2v) is 8.16. The van der Waals surface area contributed by atoms with Gasteiger partial charge in [-0.25, -0.2) is 9.97 Å². The van der Waals surface area contributed by atoms with E-state index >= 15 is 0 Å². The summed E-state index contributed by atoms with van der Waals surface area (Å²) in [7, 11) is 0. The van der Waals surface area contributed by atoms with Gasteiger partial charge in [0.15, 0.2) is 5.82 Å². The lowest BCUT2D eigenvalue weighted by Gasteiger charge is -2.27. The molecule has 0 bridgehead atoms. The number of alkyl halides is 3. The Morgan fingerprint density at radius 3 is 2.59 bits per heavy atom. The lowest BCUT2D eigenvalue weighted by atomic mass is 10.0. The fraction of sp³-hybridized carbons (Fsp3) is 0.360. The molecule has 0 aliphatic carbocycles. The normalized spacial score (nSPS) is 14.3. The summed E-state index contributed by atoms with van der Waals surface area (Å²) < 4.78 is 45.4. The standard InChI is InChI=1S/C25H26F3N3O/c1-3-11-31-12-10-23-20(15-31)14-29-24(30-23)18-5-7-21(8-6-18)32-16-19-13-17(2)4-9-22(19)25(26,27)28/h4-9,13-14H,3,10-12,15-16H2,1-2H3. The molecule has 168 valence electrons. The Hall–Kier alpha value is -2.93. The van der Waals surface area contributed by atoms with Crippen LogP contribution in [0.4, 0.5) is 13.2 Å². The summed E-state index contributed by atoms with van der Waals surface area (Å²) >= 11 is 0. The first-order chi connectivity index (χ1) is 15.3. The Morgan fingerprint density at radius 1 is 1.09 bits per heavy atom. The van der Waals surface area contributed by atoms with Crippen molar-refractivity contribution in [2.24, 2.45) is 0 Å². The molecule has 2 aromatic carbocycles. The van der Waals surface area contributed by atoms with Crippen LogP contribution in [-0.4, -0.2) is 28.0 Å². The number of aromatic nitrogens is 2. The number of halogens is 3. The highest BCUT2D eigenvalue weighted by atomic mass is 19.4. The van der Waals surface area contributed by atoms with E-state index in [9.17, 15) is 13.2 Å². The third-order valence-corrected chi connectivity index (χ3v) is 5.63. The van der Waals surface area contributed by atoms with Crippen molar-refractivity contribution in [3.63, 3.8) is 0 Å². The second-order valence-electron chi connectivity index (χ2n) is 8.16. The van der Waals surface area contributed by atoms with Gasteiger partial charge >= 0.3 is 6.18 Å². The number of fused-ring (bicyclic) bond motifs is 1. The number of ether oxygens (including phenoxy) is 1. The number of hydrogen-bond acceptors (Lipinski definition) is 4. The van der Waals surface area contributed by atoms with Crippen molar-refractivity contribution in [1.29, 1.82) is 0 Å². The predicted molar refractivity (Wildman–Crippen MR) is 117 cm³/mol. The summed E-state index contributed by atoms with van der Waals surface area (Å²) in [6, 6.07) is 11.2. The first-order valence-corrected chi connectivity index (χ1v) is 10.8. The molecule has 2 heterocycles. The minimum Gasteiger partial charge on any atom is -0.489 e. The lowest BCUT2D eigenvalue weighted by Crippen LogP contribution is -2.31. The smallest absolute Gasteiger partial charge is 0.416 e. The van der Waals surface area contributed by atoms with Gasteiger partial charge in [-0.1, -0.05) is 24.6 Å². The van der Waals surface area contributed by atoms with Crippen LogP contribution >= 0.6 is 0 Å². The molecule has 1 aliphatic heterocycles. The van der Waals surface area contributed by atoms with Crippen molar-refractivity contribution >= 4 is 0 Å². The van der Waals surface area contributed by atoms with Crippen LogP contribution in [-0.2, 0) is 25.7 Å². The van der Waals surface area contributed by atoms with Crippen molar-refractivity contribution in [2.45, 2.75) is 46.0 Å². The number of aryl methyl sites for hydroxylation is 1. The molecule has 7 heteroatoms. The fourth-order valence-electron chi connectivity index (χ4n) is 4.00. The predicted octanol–water partition coefficient (Wildman–Crippen LogP) is 5.82. The molecule has 0 fully saturated rings. The summed E-state index contributed by atoms with van der Waals surface area (Å²) in [5, 5.41) is 0. The molecule has 0 radical (unpaired) electrons. The first kappa shape index (κ1) is 22.3. The zero-order valence-corrected chi connectivity index (χ0v) is 18.2.